The summed E-state index contributed by atoms with van der Waals surface area (Å²) in [6.07, 6.45) is 2.70. The van der Waals surface area contributed by atoms with E-state index in [0.29, 0.717) is 43.1 Å². The van der Waals surface area contributed by atoms with Gasteiger partial charge < -0.3 is 14.8 Å². The summed E-state index contributed by atoms with van der Waals surface area (Å²) in [6.45, 7) is 5.66. The number of carbonyl (C=O) groups is 2. The quantitative estimate of drug-likeness (QED) is 0.429. The second-order valence-corrected chi connectivity index (χ2v) is 7.55. The van der Waals surface area contributed by atoms with E-state index in [-0.39, 0.29) is 11.8 Å². The van der Waals surface area contributed by atoms with Crippen LogP contribution in [0.15, 0.2) is 54.2 Å². The van der Waals surface area contributed by atoms with Crippen LogP contribution >= 0.6 is 0 Å². The van der Waals surface area contributed by atoms with Crippen LogP contribution in [0.3, 0.4) is 0 Å². The standard InChI is InChI=1S/C25H30N2O4/c1-4-5-16-31-17-6-15-27-24(28)22(19-9-7-18(2)8-10-19)23(25(27)29)26-20-11-13-21(30-3)14-12-20/h7-14,26H,4-6,15-17H2,1-3H3. The van der Waals surface area contributed by atoms with Gasteiger partial charge in [-0.2, -0.15) is 0 Å². The maximum absolute atomic E-state index is 13.2. The highest BCUT2D eigenvalue weighted by atomic mass is 16.5. The monoisotopic (exact) mass is 422 g/mol. The van der Waals surface area contributed by atoms with Gasteiger partial charge in [-0.1, -0.05) is 43.2 Å². The fraction of sp³-hybridized carbons (Fsp3) is 0.360. The van der Waals surface area contributed by atoms with Crippen LogP contribution in [0.4, 0.5) is 5.69 Å². The maximum Gasteiger partial charge on any atom is 0.278 e. The number of ether oxygens (including phenoxy) is 2. The van der Waals surface area contributed by atoms with Crippen LogP contribution in [-0.2, 0) is 14.3 Å². The smallest absolute Gasteiger partial charge is 0.278 e. The molecule has 0 unspecified atom stereocenters. The molecule has 2 amide bonds. The molecule has 0 fully saturated rings. The molecular weight excluding hydrogens is 392 g/mol. The summed E-state index contributed by atoms with van der Waals surface area (Å²) in [4.78, 5) is 27.7. The van der Waals surface area contributed by atoms with Gasteiger partial charge in [0.2, 0.25) is 0 Å². The average Bonchev–Trinajstić information content (AvgIpc) is 3.01. The van der Waals surface area contributed by atoms with E-state index in [1.807, 2.05) is 43.3 Å². The highest BCUT2D eigenvalue weighted by Crippen LogP contribution is 2.31. The molecular formula is C25H30N2O4. The Balaban J connectivity index is 1.81. The molecule has 0 aromatic heterocycles. The average molecular weight is 423 g/mol. The molecule has 0 saturated carbocycles. The van der Waals surface area contributed by atoms with E-state index in [1.165, 1.54) is 4.90 Å². The van der Waals surface area contributed by atoms with Crippen molar-refractivity contribution in [1.29, 1.82) is 0 Å². The van der Waals surface area contributed by atoms with E-state index >= 15 is 0 Å². The van der Waals surface area contributed by atoms with Crippen LogP contribution in [0.1, 0.15) is 37.3 Å². The van der Waals surface area contributed by atoms with Crippen LogP contribution < -0.4 is 10.1 Å². The lowest BCUT2D eigenvalue weighted by Crippen LogP contribution is -2.34. The van der Waals surface area contributed by atoms with E-state index in [0.717, 1.165) is 29.7 Å². The number of hydrogen-bond acceptors (Lipinski definition) is 5. The topological polar surface area (TPSA) is 67.9 Å². The number of rotatable bonds is 11. The lowest BCUT2D eigenvalue weighted by atomic mass is 10.0. The third-order valence-electron chi connectivity index (χ3n) is 5.18. The minimum absolute atomic E-state index is 0.279. The van der Waals surface area contributed by atoms with Gasteiger partial charge in [-0.05, 0) is 49.6 Å². The molecule has 0 bridgehead atoms. The lowest BCUT2D eigenvalue weighted by molar-refractivity contribution is -0.137. The first-order valence-electron chi connectivity index (χ1n) is 10.7. The number of aryl methyl sites for hydroxylation is 1. The van der Waals surface area contributed by atoms with Crippen LogP contribution in [0, 0.1) is 6.92 Å². The van der Waals surface area contributed by atoms with Crippen molar-refractivity contribution in [3.63, 3.8) is 0 Å². The molecule has 1 heterocycles. The largest absolute Gasteiger partial charge is 0.497 e. The molecule has 3 rings (SSSR count). The van der Waals surface area contributed by atoms with Crippen molar-refractivity contribution in [2.75, 3.05) is 32.2 Å². The number of hydrogen-bond donors (Lipinski definition) is 1. The van der Waals surface area contributed by atoms with Crippen LogP contribution in [-0.4, -0.2) is 43.6 Å². The summed E-state index contributed by atoms with van der Waals surface area (Å²) in [5.74, 6) is 0.125. The molecule has 0 aliphatic carbocycles. The number of anilines is 1. The van der Waals surface area contributed by atoms with Gasteiger partial charge in [0.25, 0.3) is 11.8 Å². The van der Waals surface area contributed by atoms with Crippen LogP contribution in [0.5, 0.6) is 5.75 Å². The zero-order valence-corrected chi connectivity index (χ0v) is 18.4. The van der Waals surface area contributed by atoms with E-state index in [4.69, 9.17) is 9.47 Å². The molecule has 164 valence electrons. The molecule has 2 aromatic carbocycles. The molecule has 1 N–H and O–H groups in total. The minimum Gasteiger partial charge on any atom is -0.497 e. The third-order valence-corrected chi connectivity index (χ3v) is 5.18. The highest BCUT2D eigenvalue weighted by molar-refractivity contribution is 6.36. The molecule has 1 aliphatic heterocycles. The van der Waals surface area contributed by atoms with Crippen molar-refractivity contribution in [3.05, 3.63) is 65.4 Å². The summed E-state index contributed by atoms with van der Waals surface area (Å²) in [5, 5.41) is 3.16. The zero-order valence-electron chi connectivity index (χ0n) is 18.4. The lowest BCUT2D eigenvalue weighted by Gasteiger charge is -2.15. The van der Waals surface area contributed by atoms with Gasteiger partial charge in [0.05, 0.1) is 12.7 Å². The number of benzene rings is 2. The molecule has 6 heteroatoms. The summed E-state index contributed by atoms with van der Waals surface area (Å²) >= 11 is 0. The van der Waals surface area contributed by atoms with E-state index in [2.05, 4.69) is 12.2 Å². The van der Waals surface area contributed by atoms with Crippen molar-refractivity contribution in [1.82, 2.24) is 4.90 Å². The Morgan fingerprint density at radius 1 is 0.903 bits per heavy atom. The predicted octanol–water partition coefficient (Wildman–Crippen LogP) is 4.40. The summed E-state index contributed by atoms with van der Waals surface area (Å²) < 4.78 is 10.8. The molecule has 0 saturated heterocycles. The fourth-order valence-corrected chi connectivity index (χ4v) is 3.37. The number of carbonyl (C=O) groups excluding carboxylic acids is 2. The van der Waals surface area contributed by atoms with Gasteiger partial charge >= 0.3 is 0 Å². The Morgan fingerprint density at radius 3 is 2.23 bits per heavy atom. The number of nitrogens with one attached hydrogen (secondary N) is 1. The Morgan fingerprint density at radius 2 is 1.58 bits per heavy atom. The number of unbranched alkanes of at least 4 members (excludes halogenated alkanes) is 1. The molecule has 2 aromatic rings. The van der Waals surface area contributed by atoms with Gasteiger partial charge in [0.1, 0.15) is 11.4 Å². The Labute approximate surface area is 183 Å². The Hall–Kier alpha value is -3.12. The zero-order chi connectivity index (χ0) is 22.2. The first kappa shape index (κ1) is 22.6. The van der Waals surface area contributed by atoms with Crippen molar-refractivity contribution < 1.29 is 19.1 Å². The normalized spacial score (nSPS) is 13.8. The maximum atomic E-state index is 13.2. The van der Waals surface area contributed by atoms with Crippen molar-refractivity contribution in [3.8, 4) is 5.75 Å². The Bertz CT molecular complexity index is 933. The second-order valence-electron chi connectivity index (χ2n) is 7.55. The predicted molar refractivity (Wildman–Crippen MR) is 122 cm³/mol. The number of methoxy groups -OCH3 is 1. The molecule has 0 atom stereocenters. The third kappa shape index (κ3) is 5.52. The second kappa shape index (κ2) is 10.8. The summed E-state index contributed by atoms with van der Waals surface area (Å²) in [6, 6.07) is 14.9. The molecule has 31 heavy (non-hydrogen) atoms. The molecule has 0 spiro atoms. The van der Waals surface area contributed by atoms with Gasteiger partial charge in [0.15, 0.2) is 0 Å². The minimum atomic E-state index is -0.315. The number of nitrogens with zero attached hydrogens (tertiary/aromatic N) is 1. The van der Waals surface area contributed by atoms with Crippen molar-refractivity contribution in [2.24, 2.45) is 0 Å². The van der Waals surface area contributed by atoms with Crippen molar-refractivity contribution in [2.45, 2.75) is 33.1 Å². The van der Waals surface area contributed by atoms with Gasteiger partial charge in [-0.25, -0.2) is 0 Å². The fourth-order valence-electron chi connectivity index (χ4n) is 3.37. The van der Waals surface area contributed by atoms with Gasteiger partial charge in [-0.3, -0.25) is 14.5 Å². The molecule has 6 nitrogen and oxygen atoms in total. The van der Waals surface area contributed by atoms with Crippen LogP contribution in [0.25, 0.3) is 5.57 Å². The first-order chi connectivity index (χ1) is 15.0. The van der Waals surface area contributed by atoms with Crippen LogP contribution in [0.2, 0.25) is 0 Å². The summed E-state index contributed by atoms with van der Waals surface area (Å²) in [7, 11) is 1.60. The van der Waals surface area contributed by atoms with Gasteiger partial charge in [-0.15, -0.1) is 0 Å². The highest BCUT2D eigenvalue weighted by Gasteiger charge is 2.38. The number of imide groups is 1. The number of amides is 2. The van der Waals surface area contributed by atoms with E-state index in [9.17, 15) is 9.59 Å². The first-order valence-corrected chi connectivity index (χ1v) is 10.7. The molecule has 0 radical (unpaired) electrons. The van der Waals surface area contributed by atoms with Crippen molar-refractivity contribution >= 4 is 23.1 Å². The van der Waals surface area contributed by atoms with E-state index in [1.54, 1.807) is 19.2 Å². The van der Waals surface area contributed by atoms with Gasteiger partial charge in [0, 0.05) is 25.4 Å². The Kier molecular flexibility index (Phi) is 7.84. The van der Waals surface area contributed by atoms with E-state index < -0.39 is 0 Å². The SMILES string of the molecule is CCCCOCCCN1C(=O)C(Nc2ccc(OC)cc2)=C(c2ccc(C)cc2)C1=O. The molecule has 1 aliphatic rings. The summed E-state index contributed by atoms with van der Waals surface area (Å²) in [5.41, 5.74) is 3.22.